The highest BCUT2D eigenvalue weighted by Gasteiger charge is 2.32. The van der Waals surface area contributed by atoms with E-state index in [0.717, 1.165) is 46.3 Å². The number of aryl methyl sites for hydroxylation is 1. The molecule has 0 saturated carbocycles. The quantitative estimate of drug-likeness (QED) is 0.690. The zero-order chi connectivity index (χ0) is 18.1. The lowest BCUT2D eigenvalue weighted by molar-refractivity contribution is -0.134. The van der Waals surface area contributed by atoms with Gasteiger partial charge in [-0.15, -0.1) is 0 Å². The fraction of sp³-hybridized carbons (Fsp3) is 0.300. The molecule has 2 heterocycles. The Bertz CT molecular complexity index is 920. The average molecular weight is 414 g/mol. The molecule has 0 radical (unpaired) electrons. The number of carbonyl (C=O) groups excluding carboxylic acids is 1. The topological polar surface area (TPSA) is 58.2 Å². The third-order valence-electron chi connectivity index (χ3n) is 4.74. The number of halogens is 1. The van der Waals surface area contributed by atoms with Crippen molar-refractivity contribution in [3.8, 4) is 5.75 Å². The second-order valence-corrected chi connectivity index (χ2v) is 7.46. The van der Waals surface area contributed by atoms with E-state index in [2.05, 4.69) is 25.9 Å². The smallest absolute Gasteiger partial charge is 0.261 e. The Balaban J connectivity index is 1.48. The van der Waals surface area contributed by atoms with E-state index in [0.29, 0.717) is 5.75 Å². The van der Waals surface area contributed by atoms with Crippen molar-refractivity contribution in [2.45, 2.75) is 25.8 Å². The molecule has 0 spiro atoms. The van der Waals surface area contributed by atoms with Gasteiger partial charge >= 0.3 is 0 Å². The van der Waals surface area contributed by atoms with Crippen molar-refractivity contribution in [3.05, 3.63) is 58.3 Å². The number of rotatable bonds is 4. The SMILES string of the molecule is Cc1ccc(OCC(=O)N2CCC[C@@H]2c2nc3ccccc3[nH]2)c(Br)c1. The summed E-state index contributed by atoms with van der Waals surface area (Å²) < 4.78 is 6.60. The Hall–Kier alpha value is -2.34. The summed E-state index contributed by atoms with van der Waals surface area (Å²) in [7, 11) is 0. The van der Waals surface area contributed by atoms with E-state index in [1.807, 2.05) is 54.3 Å². The number of likely N-dealkylation sites (tertiary alicyclic amines) is 1. The van der Waals surface area contributed by atoms with Gasteiger partial charge in [0.15, 0.2) is 6.61 Å². The lowest BCUT2D eigenvalue weighted by atomic mass is 10.2. The number of ether oxygens (including phenoxy) is 1. The zero-order valence-electron chi connectivity index (χ0n) is 14.5. The Morgan fingerprint density at radius 3 is 3.00 bits per heavy atom. The van der Waals surface area contributed by atoms with Crippen LogP contribution in [0.25, 0.3) is 11.0 Å². The number of amides is 1. The molecule has 1 amide bonds. The van der Waals surface area contributed by atoms with Crippen molar-refractivity contribution in [1.29, 1.82) is 0 Å². The molecule has 1 aromatic heterocycles. The lowest BCUT2D eigenvalue weighted by Gasteiger charge is -2.23. The number of nitrogens with one attached hydrogen (secondary N) is 1. The largest absolute Gasteiger partial charge is 0.483 e. The number of carbonyl (C=O) groups is 1. The molecule has 1 aliphatic heterocycles. The van der Waals surface area contributed by atoms with Crippen LogP contribution >= 0.6 is 15.9 Å². The summed E-state index contributed by atoms with van der Waals surface area (Å²) in [5.41, 5.74) is 3.07. The number of H-pyrrole nitrogens is 1. The molecule has 3 aromatic rings. The zero-order valence-corrected chi connectivity index (χ0v) is 16.1. The van der Waals surface area contributed by atoms with Crippen LogP contribution in [0, 0.1) is 6.92 Å². The number of para-hydroxylation sites is 2. The van der Waals surface area contributed by atoms with Crippen LogP contribution in [-0.2, 0) is 4.79 Å². The maximum atomic E-state index is 12.7. The van der Waals surface area contributed by atoms with Crippen LogP contribution in [0.15, 0.2) is 46.9 Å². The second-order valence-electron chi connectivity index (χ2n) is 6.61. The highest BCUT2D eigenvalue weighted by molar-refractivity contribution is 9.10. The van der Waals surface area contributed by atoms with Gasteiger partial charge in [0.05, 0.1) is 21.5 Å². The first kappa shape index (κ1) is 17.1. The Morgan fingerprint density at radius 1 is 1.35 bits per heavy atom. The molecule has 1 fully saturated rings. The summed E-state index contributed by atoms with van der Waals surface area (Å²) >= 11 is 3.48. The summed E-state index contributed by atoms with van der Waals surface area (Å²) in [4.78, 5) is 22.6. The van der Waals surface area contributed by atoms with Crippen molar-refractivity contribution < 1.29 is 9.53 Å². The normalized spacial score (nSPS) is 17.0. The summed E-state index contributed by atoms with van der Waals surface area (Å²) in [6.45, 7) is 2.78. The van der Waals surface area contributed by atoms with Gasteiger partial charge in [-0.25, -0.2) is 4.98 Å². The molecule has 2 aromatic carbocycles. The van der Waals surface area contributed by atoms with Crippen LogP contribution in [-0.4, -0.2) is 33.9 Å². The van der Waals surface area contributed by atoms with E-state index in [9.17, 15) is 4.79 Å². The van der Waals surface area contributed by atoms with Crippen LogP contribution < -0.4 is 4.74 Å². The molecule has 0 unspecified atom stereocenters. The third kappa shape index (κ3) is 3.33. The molecule has 1 atom stereocenters. The standard InChI is InChI=1S/C20H20BrN3O2/c1-13-8-9-18(14(21)11-13)26-12-19(25)24-10-4-7-17(24)20-22-15-5-2-3-6-16(15)23-20/h2-3,5-6,8-9,11,17H,4,7,10,12H2,1H3,(H,22,23)/t17-/m1/s1. The van der Waals surface area contributed by atoms with Crippen LogP contribution in [0.2, 0.25) is 0 Å². The van der Waals surface area contributed by atoms with E-state index < -0.39 is 0 Å². The van der Waals surface area contributed by atoms with E-state index in [-0.39, 0.29) is 18.6 Å². The molecule has 0 aliphatic carbocycles. The first-order chi connectivity index (χ1) is 12.6. The van der Waals surface area contributed by atoms with E-state index in [4.69, 9.17) is 4.74 Å². The highest BCUT2D eigenvalue weighted by atomic mass is 79.9. The highest BCUT2D eigenvalue weighted by Crippen LogP contribution is 2.32. The summed E-state index contributed by atoms with van der Waals surface area (Å²) in [5.74, 6) is 1.53. The number of benzene rings is 2. The number of hydrogen-bond donors (Lipinski definition) is 1. The number of fused-ring (bicyclic) bond motifs is 1. The summed E-state index contributed by atoms with van der Waals surface area (Å²) in [6, 6.07) is 13.8. The van der Waals surface area contributed by atoms with Crippen molar-refractivity contribution in [2.75, 3.05) is 13.2 Å². The fourth-order valence-corrected chi connectivity index (χ4v) is 4.03. The molecule has 26 heavy (non-hydrogen) atoms. The molecule has 4 rings (SSSR count). The van der Waals surface area contributed by atoms with E-state index in [1.54, 1.807) is 0 Å². The molecule has 5 nitrogen and oxygen atoms in total. The maximum Gasteiger partial charge on any atom is 0.261 e. The minimum atomic E-state index is -0.0139. The van der Waals surface area contributed by atoms with E-state index >= 15 is 0 Å². The van der Waals surface area contributed by atoms with E-state index in [1.165, 1.54) is 0 Å². The Morgan fingerprint density at radius 2 is 2.19 bits per heavy atom. The Kier molecular flexibility index (Phi) is 4.68. The molecule has 6 heteroatoms. The first-order valence-electron chi connectivity index (χ1n) is 8.75. The van der Waals surface area contributed by atoms with Crippen LogP contribution in [0.5, 0.6) is 5.75 Å². The molecule has 1 aliphatic rings. The summed E-state index contributed by atoms with van der Waals surface area (Å²) in [6.07, 6.45) is 1.89. The Labute approximate surface area is 160 Å². The number of aromatic nitrogens is 2. The monoisotopic (exact) mass is 413 g/mol. The second kappa shape index (κ2) is 7.11. The molecule has 134 valence electrons. The van der Waals surface area contributed by atoms with Gasteiger partial charge in [0.1, 0.15) is 11.6 Å². The summed E-state index contributed by atoms with van der Waals surface area (Å²) in [5, 5.41) is 0. The predicted molar refractivity (Wildman–Crippen MR) is 104 cm³/mol. The van der Waals surface area contributed by atoms with Gasteiger partial charge in [0, 0.05) is 6.54 Å². The molecule has 1 saturated heterocycles. The predicted octanol–water partition coefficient (Wildman–Crippen LogP) is 4.38. The van der Waals surface area contributed by atoms with Crippen LogP contribution in [0.1, 0.15) is 30.3 Å². The van der Waals surface area contributed by atoms with Gasteiger partial charge in [-0.3, -0.25) is 4.79 Å². The van der Waals surface area contributed by atoms with Crippen molar-refractivity contribution in [3.63, 3.8) is 0 Å². The molecule has 1 N–H and O–H groups in total. The van der Waals surface area contributed by atoms with Crippen molar-refractivity contribution >= 4 is 32.9 Å². The van der Waals surface area contributed by atoms with Gasteiger partial charge in [-0.05, 0) is 65.5 Å². The van der Waals surface area contributed by atoms with Gasteiger partial charge in [-0.2, -0.15) is 0 Å². The molecular weight excluding hydrogens is 394 g/mol. The average Bonchev–Trinajstić information content (AvgIpc) is 3.27. The first-order valence-corrected chi connectivity index (χ1v) is 9.54. The molecule has 0 bridgehead atoms. The number of imidazole rings is 1. The van der Waals surface area contributed by atoms with Gasteiger partial charge in [0.2, 0.25) is 0 Å². The van der Waals surface area contributed by atoms with Crippen LogP contribution in [0.3, 0.4) is 0 Å². The van der Waals surface area contributed by atoms with Crippen molar-refractivity contribution in [2.24, 2.45) is 0 Å². The van der Waals surface area contributed by atoms with Gasteiger partial charge in [0.25, 0.3) is 5.91 Å². The number of hydrogen-bond acceptors (Lipinski definition) is 3. The van der Waals surface area contributed by atoms with Gasteiger partial charge < -0.3 is 14.6 Å². The fourth-order valence-electron chi connectivity index (χ4n) is 3.43. The van der Waals surface area contributed by atoms with Gasteiger partial charge in [-0.1, -0.05) is 18.2 Å². The maximum absolute atomic E-state index is 12.7. The van der Waals surface area contributed by atoms with Crippen molar-refractivity contribution in [1.82, 2.24) is 14.9 Å². The number of aromatic amines is 1. The minimum Gasteiger partial charge on any atom is -0.483 e. The lowest BCUT2D eigenvalue weighted by Crippen LogP contribution is -2.34. The molecular formula is C20H20BrN3O2. The minimum absolute atomic E-state index is 0.0135. The van der Waals surface area contributed by atoms with Crippen LogP contribution in [0.4, 0.5) is 0 Å². The third-order valence-corrected chi connectivity index (χ3v) is 5.35. The number of nitrogens with zero attached hydrogens (tertiary/aromatic N) is 2.